The van der Waals surface area contributed by atoms with Crippen molar-refractivity contribution < 1.29 is 4.74 Å². The molecule has 1 fully saturated rings. The lowest BCUT2D eigenvalue weighted by Crippen LogP contribution is -2.27. The lowest BCUT2D eigenvalue weighted by molar-refractivity contribution is 0.340. The Morgan fingerprint density at radius 3 is 2.73 bits per heavy atom. The normalized spacial score (nSPS) is 15.9. The SMILES string of the molecule is CCOc1ccc(NC2CCC2)c(C)c1. The van der Waals surface area contributed by atoms with Gasteiger partial charge in [-0.25, -0.2) is 0 Å². The van der Waals surface area contributed by atoms with Crippen LogP contribution in [0.15, 0.2) is 18.2 Å². The highest BCUT2D eigenvalue weighted by Gasteiger charge is 2.17. The summed E-state index contributed by atoms with van der Waals surface area (Å²) in [5.74, 6) is 0.967. The zero-order chi connectivity index (χ0) is 10.7. The van der Waals surface area contributed by atoms with E-state index in [1.807, 2.05) is 13.0 Å². The van der Waals surface area contributed by atoms with Gasteiger partial charge < -0.3 is 10.1 Å². The molecular formula is C13H19NO. The molecule has 0 unspecified atom stereocenters. The molecule has 0 saturated heterocycles. The van der Waals surface area contributed by atoms with E-state index in [1.54, 1.807) is 0 Å². The van der Waals surface area contributed by atoms with Gasteiger partial charge in [0, 0.05) is 11.7 Å². The third-order valence-electron chi connectivity index (χ3n) is 2.97. The minimum atomic E-state index is 0.696. The Kier molecular flexibility index (Phi) is 3.14. The molecule has 1 aromatic carbocycles. The van der Waals surface area contributed by atoms with Crippen molar-refractivity contribution in [2.75, 3.05) is 11.9 Å². The number of hydrogen-bond donors (Lipinski definition) is 1. The van der Waals surface area contributed by atoms with E-state index in [2.05, 4.69) is 24.4 Å². The van der Waals surface area contributed by atoms with Crippen LogP contribution >= 0.6 is 0 Å². The quantitative estimate of drug-likeness (QED) is 0.813. The highest BCUT2D eigenvalue weighted by Crippen LogP contribution is 2.27. The first-order chi connectivity index (χ1) is 7.29. The van der Waals surface area contributed by atoms with Crippen LogP contribution in [0.25, 0.3) is 0 Å². The molecule has 2 nitrogen and oxygen atoms in total. The lowest BCUT2D eigenvalue weighted by Gasteiger charge is -2.28. The molecule has 0 amide bonds. The zero-order valence-corrected chi connectivity index (χ0v) is 9.55. The van der Waals surface area contributed by atoms with Gasteiger partial charge in [-0.15, -0.1) is 0 Å². The van der Waals surface area contributed by atoms with Crippen LogP contribution in [0.1, 0.15) is 31.7 Å². The van der Waals surface area contributed by atoms with E-state index in [0.29, 0.717) is 6.04 Å². The lowest BCUT2D eigenvalue weighted by atomic mass is 9.92. The molecule has 2 heteroatoms. The molecule has 0 aliphatic heterocycles. The fraction of sp³-hybridized carbons (Fsp3) is 0.538. The molecule has 2 rings (SSSR count). The van der Waals surface area contributed by atoms with E-state index in [9.17, 15) is 0 Å². The number of nitrogens with one attached hydrogen (secondary N) is 1. The van der Waals surface area contributed by atoms with E-state index in [0.717, 1.165) is 12.4 Å². The minimum Gasteiger partial charge on any atom is -0.494 e. The van der Waals surface area contributed by atoms with Crippen molar-refractivity contribution in [1.29, 1.82) is 0 Å². The average Bonchev–Trinajstić information content (AvgIpc) is 2.14. The topological polar surface area (TPSA) is 21.3 Å². The minimum absolute atomic E-state index is 0.696. The van der Waals surface area contributed by atoms with Crippen LogP contribution < -0.4 is 10.1 Å². The molecule has 0 atom stereocenters. The molecule has 0 aromatic heterocycles. The fourth-order valence-corrected chi connectivity index (χ4v) is 1.83. The van der Waals surface area contributed by atoms with Crippen molar-refractivity contribution in [3.05, 3.63) is 23.8 Å². The highest BCUT2D eigenvalue weighted by molar-refractivity contribution is 5.54. The summed E-state index contributed by atoms with van der Waals surface area (Å²) in [4.78, 5) is 0. The van der Waals surface area contributed by atoms with Crippen LogP contribution in [-0.2, 0) is 0 Å². The van der Waals surface area contributed by atoms with E-state index in [4.69, 9.17) is 4.74 Å². The molecule has 0 heterocycles. The Hall–Kier alpha value is -1.18. The maximum atomic E-state index is 5.46. The highest BCUT2D eigenvalue weighted by atomic mass is 16.5. The van der Waals surface area contributed by atoms with Crippen LogP contribution in [0.4, 0.5) is 5.69 Å². The van der Waals surface area contributed by atoms with Gasteiger partial charge in [-0.3, -0.25) is 0 Å². The maximum Gasteiger partial charge on any atom is 0.119 e. The van der Waals surface area contributed by atoms with Gasteiger partial charge in [0.1, 0.15) is 5.75 Å². The second-order valence-corrected chi connectivity index (χ2v) is 4.18. The number of anilines is 1. The largest absolute Gasteiger partial charge is 0.494 e. The van der Waals surface area contributed by atoms with E-state index >= 15 is 0 Å². The fourth-order valence-electron chi connectivity index (χ4n) is 1.83. The molecule has 15 heavy (non-hydrogen) atoms. The number of hydrogen-bond acceptors (Lipinski definition) is 2. The summed E-state index contributed by atoms with van der Waals surface area (Å²) < 4.78 is 5.46. The molecule has 1 aliphatic carbocycles. The molecule has 0 bridgehead atoms. The molecule has 82 valence electrons. The summed E-state index contributed by atoms with van der Waals surface area (Å²) in [5, 5.41) is 3.56. The van der Waals surface area contributed by atoms with Crippen molar-refractivity contribution in [2.24, 2.45) is 0 Å². The Bertz CT molecular complexity index is 331. The van der Waals surface area contributed by atoms with Crippen LogP contribution in [0.3, 0.4) is 0 Å². The number of benzene rings is 1. The molecule has 1 N–H and O–H groups in total. The molecule has 0 radical (unpaired) electrons. The average molecular weight is 205 g/mol. The first-order valence-electron chi connectivity index (χ1n) is 5.79. The van der Waals surface area contributed by atoms with Crippen LogP contribution in [0.2, 0.25) is 0 Å². The van der Waals surface area contributed by atoms with Crippen molar-refractivity contribution >= 4 is 5.69 Å². The Morgan fingerprint density at radius 1 is 1.40 bits per heavy atom. The van der Waals surface area contributed by atoms with E-state index in [-0.39, 0.29) is 0 Å². The number of aryl methyl sites for hydroxylation is 1. The Morgan fingerprint density at radius 2 is 2.20 bits per heavy atom. The van der Waals surface area contributed by atoms with Crippen LogP contribution in [-0.4, -0.2) is 12.6 Å². The van der Waals surface area contributed by atoms with Crippen molar-refractivity contribution in [3.8, 4) is 5.75 Å². The summed E-state index contributed by atoms with van der Waals surface area (Å²) in [7, 11) is 0. The van der Waals surface area contributed by atoms with Gasteiger partial charge in [0.15, 0.2) is 0 Å². The summed E-state index contributed by atoms with van der Waals surface area (Å²) in [5.41, 5.74) is 2.52. The molecule has 1 saturated carbocycles. The molecule has 1 aliphatic rings. The molecular weight excluding hydrogens is 186 g/mol. The molecule has 1 aromatic rings. The van der Waals surface area contributed by atoms with Gasteiger partial charge in [0.25, 0.3) is 0 Å². The summed E-state index contributed by atoms with van der Waals surface area (Å²) >= 11 is 0. The second kappa shape index (κ2) is 4.56. The monoisotopic (exact) mass is 205 g/mol. The van der Waals surface area contributed by atoms with Gasteiger partial charge >= 0.3 is 0 Å². The summed E-state index contributed by atoms with van der Waals surface area (Å²) in [6, 6.07) is 6.96. The summed E-state index contributed by atoms with van der Waals surface area (Å²) in [6.07, 6.45) is 3.99. The van der Waals surface area contributed by atoms with Crippen LogP contribution in [0.5, 0.6) is 5.75 Å². The molecule has 0 spiro atoms. The first kappa shape index (κ1) is 10.3. The van der Waals surface area contributed by atoms with Gasteiger partial charge in [-0.1, -0.05) is 0 Å². The smallest absolute Gasteiger partial charge is 0.119 e. The first-order valence-corrected chi connectivity index (χ1v) is 5.79. The van der Waals surface area contributed by atoms with E-state index in [1.165, 1.54) is 30.5 Å². The van der Waals surface area contributed by atoms with Gasteiger partial charge in [0.05, 0.1) is 6.61 Å². The standard InChI is InChI=1S/C13H19NO/c1-3-15-12-7-8-13(10(2)9-12)14-11-5-4-6-11/h7-9,11,14H,3-6H2,1-2H3. The third kappa shape index (κ3) is 2.44. The Balaban J connectivity index is 2.04. The predicted octanol–water partition coefficient (Wildman–Crippen LogP) is 3.36. The third-order valence-corrected chi connectivity index (χ3v) is 2.97. The van der Waals surface area contributed by atoms with Crippen molar-refractivity contribution in [1.82, 2.24) is 0 Å². The van der Waals surface area contributed by atoms with Gasteiger partial charge in [-0.05, 0) is 56.9 Å². The van der Waals surface area contributed by atoms with Crippen LogP contribution in [0, 0.1) is 6.92 Å². The summed E-state index contributed by atoms with van der Waals surface area (Å²) in [6.45, 7) is 4.87. The number of ether oxygens (including phenoxy) is 1. The zero-order valence-electron chi connectivity index (χ0n) is 9.55. The predicted molar refractivity (Wildman–Crippen MR) is 63.6 cm³/mol. The van der Waals surface area contributed by atoms with Crippen molar-refractivity contribution in [2.45, 2.75) is 39.2 Å². The second-order valence-electron chi connectivity index (χ2n) is 4.18. The van der Waals surface area contributed by atoms with Crippen molar-refractivity contribution in [3.63, 3.8) is 0 Å². The number of rotatable bonds is 4. The van der Waals surface area contributed by atoms with Gasteiger partial charge in [-0.2, -0.15) is 0 Å². The Labute approximate surface area is 91.6 Å². The van der Waals surface area contributed by atoms with Gasteiger partial charge in [0.2, 0.25) is 0 Å². The van der Waals surface area contributed by atoms with E-state index < -0.39 is 0 Å². The maximum absolute atomic E-state index is 5.46.